The second-order valence-corrected chi connectivity index (χ2v) is 9.26. The molecule has 1 aliphatic heterocycles. The van der Waals surface area contributed by atoms with Crippen LogP contribution in [0.25, 0.3) is 21.6 Å². The third-order valence-electron chi connectivity index (χ3n) is 5.58. The highest BCUT2D eigenvalue weighted by Gasteiger charge is 2.21. The van der Waals surface area contributed by atoms with E-state index in [2.05, 4.69) is 24.8 Å². The maximum Gasteiger partial charge on any atom is 0.286 e. The van der Waals surface area contributed by atoms with Crippen LogP contribution in [-0.2, 0) is 11.3 Å². The van der Waals surface area contributed by atoms with E-state index in [1.165, 1.54) is 24.8 Å². The summed E-state index contributed by atoms with van der Waals surface area (Å²) in [6, 6.07) is 1.98. The molecular formula is C22H22N10O4S. The SMILES string of the molecule is CN(Cc1cc2nc(-c3cnc(C(N)=O)nc3)nc(N3CCOCC3)c2s1)c1ncc(C(=O)NO)cn1. The normalized spacial score (nSPS) is 13.5. The Morgan fingerprint density at radius 2 is 1.84 bits per heavy atom. The predicted octanol–water partition coefficient (Wildman–Crippen LogP) is 0.629. The number of hydrogen-bond donors (Lipinski definition) is 3. The van der Waals surface area contributed by atoms with Crippen LogP contribution in [0.4, 0.5) is 11.8 Å². The van der Waals surface area contributed by atoms with Crippen molar-refractivity contribution in [1.82, 2.24) is 35.4 Å². The Morgan fingerprint density at radius 1 is 1.14 bits per heavy atom. The van der Waals surface area contributed by atoms with Gasteiger partial charge in [0.25, 0.3) is 11.8 Å². The first-order valence-electron chi connectivity index (χ1n) is 11.2. The van der Waals surface area contributed by atoms with Crippen LogP contribution >= 0.6 is 11.3 Å². The van der Waals surface area contributed by atoms with E-state index >= 15 is 0 Å². The first-order chi connectivity index (χ1) is 17.9. The number of nitrogens with two attached hydrogens (primary N) is 1. The molecule has 0 spiro atoms. The molecule has 0 unspecified atom stereocenters. The lowest BCUT2D eigenvalue weighted by molar-refractivity contribution is 0.0705. The Balaban J connectivity index is 1.48. The number of aromatic nitrogens is 6. The van der Waals surface area contributed by atoms with Gasteiger partial charge in [0.05, 0.1) is 41.1 Å². The number of thiophene rings is 1. The molecule has 1 fully saturated rings. The van der Waals surface area contributed by atoms with Crippen LogP contribution in [0.2, 0.25) is 0 Å². The number of rotatable bonds is 7. The standard InChI is InChI=1S/C22H22N10O4S/c1-31(22-26-9-13(10-27-22)21(34)30-35)11-14-6-15-16(37-14)20(32-2-4-36-5-3-32)29-18(28-15)12-7-24-19(17(23)33)25-8-12/h6-10,35H,2-5,11H2,1H3,(H2,23,33)(H,30,34). The van der Waals surface area contributed by atoms with Gasteiger partial charge in [0, 0.05) is 49.8 Å². The lowest BCUT2D eigenvalue weighted by Crippen LogP contribution is -2.36. The van der Waals surface area contributed by atoms with Crippen molar-refractivity contribution in [2.75, 3.05) is 43.2 Å². The Kier molecular flexibility index (Phi) is 6.80. The third-order valence-corrected chi connectivity index (χ3v) is 6.69. The van der Waals surface area contributed by atoms with Crippen molar-refractivity contribution >= 4 is 45.1 Å². The number of amides is 2. The predicted molar refractivity (Wildman–Crippen MR) is 133 cm³/mol. The highest BCUT2D eigenvalue weighted by atomic mass is 32.1. The van der Waals surface area contributed by atoms with E-state index in [4.69, 9.17) is 25.6 Å². The molecule has 0 saturated carbocycles. The number of nitrogens with one attached hydrogen (secondary N) is 1. The molecule has 190 valence electrons. The summed E-state index contributed by atoms with van der Waals surface area (Å²) in [5.41, 5.74) is 8.28. The molecule has 1 aliphatic rings. The fraction of sp³-hybridized carbons (Fsp3) is 0.273. The van der Waals surface area contributed by atoms with Gasteiger partial charge in [-0.25, -0.2) is 35.4 Å². The number of nitrogens with zero attached hydrogens (tertiary/aromatic N) is 8. The van der Waals surface area contributed by atoms with Gasteiger partial charge >= 0.3 is 0 Å². The molecule has 5 heterocycles. The first kappa shape index (κ1) is 24.4. The zero-order valence-electron chi connectivity index (χ0n) is 19.7. The van der Waals surface area contributed by atoms with Crippen molar-refractivity contribution in [3.63, 3.8) is 0 Å². The number of fused-ring (bicyclic) bond motifs is 1. The summed E-state index contributed by atoms with van der Waals surface area (Å²) in [6.07, 6.45) is 5.65. The van der Waals surface area contributed by atoms with Crippen LogP contribution in [0.5, 0.6) is 0 Å². The van der Waals surface area contributed by atoms with Gasteiger partial charge in [-0.15, -0.1) is 11.3 Å². The van der Waals surface area contributed by atoms with Crippen LogP contribution in [0, 0.1) is 0 Å². The van der Waals surface area contributed by atoms with Gasteiger partial charge in [-0.1, -0.05) is 0 Å². The summed E-state index contributed by atoms with van der Waals surface area (Å²) < 4.78 is 6.45. The molecular weight excluding hydrogens is 500 g/mol. The van der Waals surface area contributed by atoms with E-state index in [0.717, 1.165) is 20.9 Å². The quantitative estimate of drug-likeness (QED) is 0.227. The fourth-order valence-electron chi connectivity index (χ4n) is 3.74. The molecule has 0 atom stereocenters. The molecule has 4 aromatic heterocycles. The van der Waals surface area contributed by atoms with E-state index in [9.17, 15) is 9.59 Å². The van der Waals surface area contributed by atoms with Gasteiger partial charge < -0.3 is 20.3 Å². The van der Waals surface area contributed by atoms with Gasteiger partial charge in [-0.05, 0) is 6.07 Å². The van der Waals surface area contributed by atoms with Gasteiger partial charge in [0.2, 0.25) is 11.8 Å². The van der Waals surface area contributed by atoms with Crippen LogP contribution in [-0.4, -0.2) is 80.3 Å². The molecule has 15 heteroatoms. The molecule has 5 rings (SSSR count). The average molecular weight is 523 g/mol. The lowest BCUT2D eigenvalue weighted by atomic mass is 10.3. The second-order valence-electron chi connectivity index (χ2n) is 8.13. The van der Waals surface area contributed by atoms with E-state index in [1.54, 1.807) is 16.8 Å². The highest BCUT2D eigenvalue weighted by Crippen LogP contribution is 2.35. The number of anilines is 2. The maximum absolute atomic E-state index is 11.5. The number of primary amides is 1. The van der Waals surface area contributed by atoms with Crippen LogP contribution in [0.15, 0.2) is 30.9 Å². The summed E-state index contributed by atoms with van der Waals surface area (Å²) >= 11 is 1.57. The third kappa shape index (κ3) is 5.13. The molecule has 0 radical (unpaired) electrons. The summed E-state index contributed by atoms with van der Waals surface area (Å²) in [6.45, 7) is 3.06. The second kappa shape index (κ2) is 10.3. The number of carbonyl (C=O) groups excluding carboxylic acids is 2. The molecule has 0 bridgehead atoms. The molecule has 4 aromatic rings. The summed E-state index contributed by atoms with van der Waals surface area (Å²) in [5.74, 6) is 0.169. The number of ether oxygens (including phenoxy) is 1. The van der Waals surface area contributed by atoms with E-state index < -0.39 is 11.8 Å². The Morgan fingerprint density at radius 3 is 2.49 bits per heavy atom. The lowest BCUT2D eigenvalue weighted by Gasteiger charge is -2.28. The minimum atomic E-state index is -0.709. The molecule has 0 aromatic carbocycles. The monoisotopic (exact) mass is 522 g/mol. The van der Waals surface area contributed by atoms with Crippen LogP contribution in [0.3, 0.4) is 0 Å². The van der Waals surface area contributed by atoms with Gasteiger partial charge in [0.15, 0.2) is 11.6 Å². The van der Waals surface area contributed by atoms with E-state index in [0.29, 0.717) is 50.2 Å². The minimum Gasteiger partial charge on any atom is -0.378 e. The Labute approximate surface area is 214 Å². The maximum atomic E-state index is 11.5. The summed E-state index contributed by atoms with van der Waals surface area (Å²) in [5, 5.41) is 8.76. The van der Waals surface area contributed by atoms with Crippen molar-refractivity contribution < 1.29 is 19.5 Å². The van der Waals surface area contributed by atoms with Crippen molar-refractivity contribution in [2.45, 2.75) is 6.54 Å². The molecule has 1 saturated heterocycles. The number of hydrogen-bond acceptors (Lipinski definition) is 13. The molecule has 37 heavy (non-hydrogen) atoms. The van der Waals surface area contributed by atoms with E-state index in [1.807, 2.05) is 18.0 Å². The van der Waals surface area contributed by atoms with Gasteiger partial charge in [0.1, 0.15) is 0 Å². The van der Waals surface area contributed by atoms with Crippen molar-refractivity contribution in [3.05, 3.63) is 47.1 Å². The molecule has 4 N–H and O–H groups in total. The molecule has 2 amide bonds. The largest absolute Gasteiger partial charge is 0.378 e. The zero-order valence-corrected chi connectivity index (χ0v) is 20.5. The van der Waals surface area contributed by atoms with Crippen molar-refractivity contribution in [3.8, 4) is 11.4 Å². The van der Waals surface area contributed by atoms with Crippen LogP contribution < -0.4 is 21.0 Å². The molecule has 0 aliphatic carbocycles. The van der Waals surface area contributed by atoms with Gasteiger partial charge in [-0.3, -0.25) is 14.8 Å². The first-order valence-corrected chi connectivity index (χ1v) is 12.0. The van der Waals surface area contributed by atoms with E-state index in [-0.39, 0.29) is 11.4 Å². The molecule has 14 nitrogen and oxygen atoms in total. The zero-order chi connectivity index (χ0) is 25.9. The summed E-state index contributed by atoms with van der Waals surface area (Å²) in [7, 11) is 1.84. The van der Waals surface area contributed by atoms with Crippen molar-refractivity contribution in [2.24, 2.45) is 5.73 Å². The topological polar surface area (TPSA) is 185 Å². The Hall–Kier alpha value is -4.34. The average Bonchev–Trinajstić information content (AvgIpc) is 3.35. The number of hydroxylamine groups is 1. The number of morpholine rings is 1. The van der Waals surface area contributed by atoms with Crippen LogP contribution in [0.1, 0.15) is 25.9 Å². The smallest absolute Gasteiger partial charge is 0.286 e. The number of carbonyl (C=O) groups is 2. The highest BCUT2D eigenvalue weighted by molar-refractivity contribution is 7.19. The van der Waals surface area contributed by atoms with Gasteiger partial charge in [-0.2, -0.15) is 0 Å². The summed E-state index contributed by atoms with van der Waals surface area (Å²) in [4.78, 5) is 53.9. The fourth-order valence-corrected chi connectivity index (χ4v) is 4.90. The van der Waals surface area contributed by atoms with Crippen molar-refractivity contribution in [1.29, 1.82) is 0 Å². The Bertz CT molecular complexity index is 1440. The minimum absolute atomic E-state index is 0.0775.